The predicted octanol–water partition coefficient (Wildman–Crippen LogP) is 3.65. The first-order chi connectivity index (χ1) is 8.06. The lowest BCUT2D eigenvalue weighted by Crippen LogP contribution is -2.10. The van der Waals surface area contributed by atoms with Crippen molar-refractivity contribution < 1.29 is 4.79 Å². The van der Waals surface area contributed by atoms with Crippen LogP contribution in [0.1, 0.15) is 15.2 Å². The third kappa shape index (κ3) is 2.87. The van der Waals surface area contributed by atoms with Gasteiger partial charge in [0.1, 0.15) is 0 Å². The monoisotopic (exact) mass is 310 g/mol. The molecule has 0 aliphatic carbocycles. The number of anilines is 2. The fourth-order valence-corrected chi connectivity index (χ4v) is 2.64. The molecule has 1 aromatic heterocycles. The molecule has 0 atom stereocenters. The normalized spacial score (nSPS) is 10.2. The van der Waals surface area contributed by atoms with E-state index in [1.54, 1.807) is 12.1 Å². The number of carbonyl (C=O) groups is 1. The minimum atomic E-state index is -0.142. The molecule has 0 fully saturated rings. The quantitative estimate of drug-likeness (QED) is 0.889. The maximum atomic E-state index is 11.9. The van der Waals surface area contributed by atoms with Crippen molar-refractivity contribution in [3.8, 4) is 0 Å². The first kappa shape index (κ1) is 12.1. The molecule has 0 radical (unpaired) electrons. The highest BCUT2D eigenvalue weighted by atomic mass is 79.9. The van der Waals surface area contributed by atoms with Crippen molar-refractivity contribution in [3.63, 3.8) is 0 Å². The summed E-state index contributed by atoms with van der Waals surface area (Å²) in [7, 11) is 0. The topological polar surface area (TPSA) is 55.1 Å². The zero-order chi connectivity index (χ0) is 12.4. The highest BCUT2D eigenvalue weighted by Gasteiger charge is 2.10. The van der Waals surface area contributed by atoms with Gasteiger partial charge in [0.15, 0.2) is 0 Å². The third-order valence-electron chi connectivity index (χ3n) is 2.22. The van der Waals surface area contributed by atoms with Crippen LogP contribution in [0.25, 0.3) is 0 Å². The Hall–Kier alpha value is -1.33. The van der Waals surface area contributed by atoms with Gasteiger partial charge in [-0.1, -0.05) is 6.07 Å². The molecule has 3 nitrogen and oxygen atoms in total. The summed E-state index contributed by atoms with van der Waals surface area (Å²) >= 11 is 4.69. The van der Waals surface area contributed by atoms with Gasteiger partial charge in [-0.3, -0.25) is 4.79 Å². The van der Waals surface area contributed by atoms with Gasteiger partial charge in [0.05, 0.1) is 15.6 Å². The number of carbonyl (C=O) groups excluding carboxylic acids is 1. The lowest BCUT2D eigenvalue weighted by atomic mass is 10.2. The number of halogens is 1. The summed E-state index contributed by atoms with van der Waals surface area (Å²) < 4.78 is 0.871. The molecule has 5 heteroatoms. The Bertz CT molecular complexity index is 565. The molecule has 17 heavy (non-hydrogen) atoms. The highest BCUT2D eigenvalue weighted by Crippen LogP contribution is 2.25. The maximum Gasteiger partial charge on any atom is 0.265 e. The van der Waals surface area contributed by atoms with Crippen LogP contribution in [0.4, 0.5) is 10.7 Å². The molecule has 3 N–H and O–H groups in total. The number of thiophene rings is 1. The second-order valence-corrected chi connectivity index (χ2v) is 5.61. The van der Waals surface area contributed by atoms with Crippen LogP contribution in [0.5, 0.6) is 0 Å². The molecule has 1 heterocycles. The molecular formula is C12H11BrN2OS. The van der Waals surface area contributed by atoms with Crippen LogP contribution in [-0.2, 0) is 0 Å². The molecule has 0 saturated heterocycles. The molecule has 0 saturated carbocycles. The number of amides is 1. The van der Waals surface area contributed by atoms with E-state index in [0.717, 1.165) is 15.7 Å². The van der Waals surface area contributed by atoms with Gasteiger partial charge in [0, 0.05) is 4.47 Å². The summed E-state index contributed by atoms with van der Waals surface area (Å²) in [6.07, 6.45) is 0. The number of benzene rings is 1. The Morgan fingerprint density at radius 3 is 2.71 bits per heavy atom. The molecule has 0 unspecified atom stereocenters. The van der Waals surface area contributed by atoms with E-state index in [0.29, 0.717) is 9.88 Å². The smallest absolute Gasteiger partial charge is 0.265 e. The van der Waals surface area contributed by atoms with Gasteiger partial charge in [-0.25, -0.2) is 0 Å². The molecule has 88 valence electrons. The summed E-state index contributed by atoms with van der Waals surface area (Å²) in [5.74, 6) is -0.142. The van der Waals surface area contributed by atoms with Crippen LogP contribution in [0, 0.1) is 6.92 Å². The maximum absolute atomic E-state index is 11.9. The van der Waals surface area contributed by atoms with Gasteiger partial charge in [-0.05, 0) is 52.7 Å². The Kier molecular flexibility index (Phi) is 3.49. The van der Waals surface area contributed by atoms with Gasteiger partial charge in [-0.2, -0.15) is 0 Å². The number of hydrogen-bond donors (Lipinski definition) is 2. The summed E-state index contributed by atoms with van der Waals surface area (Å²) in [6, 6.07) is 9.22. The average Bonchev–Trinajstić information content (AvgIpc) is 2.69. The zero-order valence-electron chi connectivity index (χ0n) is 9.16. The molecule has 2 rings (SSSR count). The van der Waals surface area contributed by atoms with E-state index in [4.69, 9.17) is 5.73 Å². The predicted molar refractivity (Wildman–Crippen MR) is 75.6 cm³/mol. The Morgan fingerprint density at radius 1 is 1.35 bits per heavy atom. The van der Waals surface area contributed by atoms with E-state index >= 15 is 0 Å². The van der Waals surface area contributed by atoms with Crippen LogP contribution in [0.2, 0.25) is 0 Å². The van der Waals surface area contributed by atoms with Crippen molar-refractivity contribution in [1.82, 2.24) is 0 Å². The second kappa shape index (κ2) is 4.89. The van der Waals surface area contributed by atoms with Gasteiger partial charge >= 0.3 is 0 Å². The molecule has 0 spiro atoms. The number of nitrogen functional groups attached to an aromatic ring is 1. The van der Waals surface area contributed by atoms with E-state index in [1.165, 1.54) is 11.3 Å². The Balaban J connectivity index is 2.18. The van der Waals surface area contributed by atoms with Crippen LogP contribution in [0.3, 0.4) is 0 Å². The third-order valence-corrected chi connectivity index (χ3v) is 3.79. The summed E-state index contributed by atoms with van der Waals surface area (Å²) in [5.41, 5.74) is 7.48. The zero-order valence-corrected chi connectivity index (χ0v) is 11.6. The molecule has 0 aliphatic heterocycles. The van der Waals surface area contributed by atoms with E-state index in [2.05, 4.69) is 21.2 Å². The van der Waals surface area contributed by atoms with E-state index in [9.17, 15) is 4.79 Å². The van der Waals surface area contributed by atoms with Crippen molar-refractivity contribution in [2.75, 3.05) is 11.1 Å². The van der Waals surface area contributed by atoms with Gasteiger partial charge in [-0.15, -0.1) is 11.3 Å². The SMILES string of the molecule is Cc1ccc(NC(=O)c2ccc(N)s2)c(Br)c1. The van der Waals surface area contributed by atoms with Crippen molar-refractivity contribution >= 4 is 43.9 Å². The molecule has 1 aromatic carbocycles. The summed E-state index contributed by atoms with van der Waals surface area (Å²) in [4.78, 5) is 12.5. The first-order valence-electron chi connectivity index (χ1n) is 4.99. The number of aryl methyl sites for hydroxylation is 1. The van der Waals surface area contributed by atoms with Crippen molar-refractivity contribution in [1.29, 1.82) is 0 Å². The summed E-state index contributed by atoms with van der Waals surface area (Å²) in [5, 5.41) is 3.47. The largest absolute Gasteiger partial charge is 0.391 e. The van der Waals surface area contributed by atoms with Crippen LogP contribution in [-0.4, -0.2) is 5.91 Å². The molecule has 0 aliphatic rings. The average molecular weight is 311 g/mol. The lowest BCUT2D eigenvalue weighted by Gasteiger charge is -2.06. The molecular weight excluding hydrogens is 300 g/mol. The highest BCUT2D eigenvalue weighted by molar-refractivity contribution is 9.10. The van der Waals surface area contributed by atoms with E-state index in [-0.39, 0.29) is 5.91 Å². The van der Waals surface area contributed by atoms with Gasteiger partial charge in [0.25, 0.3) is 5.91 Å². The Labute approximate surface area is 112 Å². The van der Waals surface area contributed by atoms with Crippen LogP contribution >= 0.6 is 27.3 Å². The minimum Gasteiger partial charge on any atom is -0.391 e. The fraction of sp³-hybridized carbons (Fsp3) is 0.0833. The van der Waals surface area contributed by atoms with Crippen molar-refractivity contribution in [2.24, 2.45) is 0 Å². The van der Waals surface area contributed by atoms with Crippen molar-refractivity contribution in [2.45, 2.75) is 6.92 Å². The second-order valence-electron chi connectivity index (χ2n) is 3.64. The van der Waals surface area contributed by atoms with E-state index in [1.807, 2.05) is 25.1 Å². The number of nitrogens with one attached hydrogen (secondary N) is 1. The number of nitrogens with two attached hydrogens (primary N) is 1. The standard InChI is InChI=1S/C12H11BrN2OS/c1-7-2-3-9(8(13)6-7)15-12(16)10-4-5-11(14)17-10/h2-6H,14H2,1H3,(H,15,16). The molecule has 2 aromatic rings. The van der Waals surface area contributed by atoms with E-state index < -0.39 is 0 Å². The minimum absolute atomic E-state index is 0.142. The van der Waals surface area contributed by atoms with Gasteiger partial charge in [0.2, 0.25) is 0 Å². The summed E-state index contributed by atoms with van der Waals surface area (Å²) in [6.45, 7) is 2.00. The Morgan fingerprint density at radius 2 is 2.12 bits per heavy atom. The van der Waals surface area contributed by atoms with Crippen LogP contribution < -0.4 is 11.1 Å². The first-order valence-corrected chi connectivity index (χ1v) is 6.60. The van der Waals surface area contributed by atoms with Crippen LogP contribution in [0.15, 0.2) is 34.8 Å². The van der Waals surface area contributed by atoms with Gasteiger partial charge < -0.3 is 11.1 Å². The lowest BCUT2D eigenvalue weighted by molar-refractivity contribution is 0.103. The number of rotatable bonds is 2. The molecule has 1 amide bonds. The fourth-order valence-electron chi connectivity index (χ4n) is 1.38. The molecule has 0 bridgehead atoms. The number of hydrogen-bond acceptors (Lipinski definition) is 3. The van der Waals surface area contributed by atoms with Crippen molar-refractivity contribution in [3.05, 3.63) is 45.2 Å².